The van der Waals surface area contributed by atoms with Gasteiger partial charge in [-0.1, -0.05) is 20.8 Å². The summed E-state index contributed by atoms with van der Waals surface area (Å²) in [5.41, 5.74) is 0.548. The van der Waals surface area contributed by atoms with E-state index in [4.69, 9.17) is 9.84 Å². The van der Waals surface area contributed by atoms with Crippen LogP contribution >= 0.6 is 0 Å². The van der Waals surface area contributed by atoms with Gasteiger partial charge in [0.2, 0.25) is 0 Å². The number of fused-ring (bicyclic) bond motifs is 2. The summed E-state index contributed by atoms with van der Waals surface area (Å²) in [6, 6.07) is 0. The summed E-state index contributed by atoms with van der Waals surface area (Å²) >= 11 is 0. The van der Waals surface area contributed by atoms with E-state index in [9.17, 15) is 5.11 Å². The molecule has 1 aliphatic heterocycles. The van der Waals surface area contributed by atoms with Crippen LogP contribution in [0.4, 0.5) is 0 Å². The zero-order valence-corrected chi connectivity index (χ0v) is 15.7. The first kappa shape index (κ1) is 18.6. The number of β-amino-alcohol motifs (C(OH)–C–C–N with tert-alkyl or cyclic N) is 2. The van der Waals surface area contributed by atoms with E-state index in [1.54, 1.807) is 0 Å². The van der Waals surface area contributed by atoms with Crippen molar-refractivity contribution in [3.8, 4) is 0 Å². The Hall–Kier alpha value is -0.200. The number of aliphatic hydroxyl groups is 2. The molecule has 0 radical (unpaired) electrons. The Balaban J connectivity index is 1.42. The van der Waals surface area contributed by atoms with E-state index in [0.29, 0.717) is 18.6 Å². The molecule has 3 rings (SSSR count). The number of rotatable bonds is 7. The van der Waals surface area contributed by atoms with Crippen molar-refractivity contribution in [2.45, 2.75) is 52.2 Å². The van der Waals surface area contributed by atoms with Gasteiger partial charge in [-0.25, -0.2) is 0 Å². The van der Waals surface area contributed by atoms with Crippen molar-refractivity contribution in [3.63, 3.8) is 0 Å². The van der Waals surface area contributed by atoms with Crippen LogP contribution in [-0.2, 0) is 4.74 Å². The van der Waals surface area contributed by atoms with Gasteiger partial charge in [0, 0.05) is 39.3 Å². The van der Waals surface area contributed by atoms with Crippen LogP contribution in [0.25, 0.3) is 0 Å². The Morgan fingerprint density at radius 1 is 1.12 bits per heavy atom. The van der Waals surface area contributed by atoms with Crippen molar-refractivity contribution < 1.29 is 14.9 Å². The Kier molecular flexibility index (Phi) is 5.57. The largest absolute Gasteiger partial charge is 0.395 e. The molecule has 3 fully saturated rings. The highest BCUT2D eigenvalue weighted by Crippen LogP contribution is 2.63. The standard InChI is InChI=1S/C19H36N2O3/c1-18(2)15-4-5-19(3,12-15)17(18)24-14-16(23)13-21-8-6-20(7-9-21)10-11-22/h15-17,22-23H,4-14H2,1-3H3/t15-,16-,17+,19+/m0/s1. The van der Waals surface area contributed by atoms with Crippen LogP contribution < -0.4 is 0 Å². The molecular formula is C19H36N2O3. The lowest BCUT2D eigenvalue weighted by atomic mass is 9.70. The first-order valence-electron chi connectivity index (χ1n) is 9.70. The second-order valence-electron chi connectivity index (χ2n) is 9.15. The van der Waals surface area contributed by atoms with Gasteiger partial charge in [-0.3, -0.25) is 9.80 Å². The monoisotopic (exact) mass is 340 g/mol. The SMILES string of the molecule is CC1(C)[C@H]2CC[C@](C)(C2)[C@@H]1OC[C@@H](O)CN1CCN(CCO)CC1. The second-order valence-corrected chi connectivity index (χ2v) is 9.15. The van der Waals surface area contributed by atoms with Gasteiger partial charge in [-0.2, -0.15) is 0 Å². The van der Waals surface area contributed by atoms with E-state index < -0.39 is 6.10 Å². The zero-order valence-electron chi connectivity index (χ0n) is 15.7. The third-order valence-electron chi connectivity index (χ3n) is 6.94. The maximum Gasteiger partial charge on any atom is 0.0900 e. The van der Waals surface area contributed by atoms with Gasteiger partial charge in [0.1, 0.15) is 0 Å². The van der Waals surface area contributed by atoms with Gasteiger partial charge >= 0.3 is 0 Å². The van der Waals surface area contributed by atoms with Crippen LogP contribution in [0.5, 0.6) is 0 Å². The van der Waals surface area contributed by atoms with Gasteiger partial charge in [-0.05, 0) is 36.0 Å². The fourth-order valence-electron chi connectivity index (χ4n) is 5.57. The lowest BCUT2D eigenvalue weighted by Crippen LogP contribution is -2.50. The number of hydrogen-bond acceptors (Lipinski definition) is 5. The van der Waals surface area contributed by atoms with E-state index >= 15 is 0 Å². The van der Waals surface area contributed by atoms with Crippen molar-refractivity contribution >= 4 is 0 Å². The minimum Gasteiger partial charge on any atom is -0.395 e. The fraction of sp³-hybridized carbons (Fsp3) is 1.00. The molecular weight excluding hydrogens is 304 g/mol. The Bertz CT molecular complexity index is 418. The van der Waals surface area contributed by atoms with Crippen molar-refractivity contribution in [3.05, 3.63) is 0 Å². The lowest BCUT2D eigenvalue weighted by Gasteiger charge is -2.43. The minimum atomic E-state index is -0.409. The molecule has 0 aromatic heterocycles. The molecule has 1 saturated heterocycles. The molecule has 0 spiro atoms. The molecule has 5 nitrogen and oxygen atoms in total. The van der Waals surface area contributed by atoms with Gasteiger partial charge in [0.15, 0.2) is 0 Å². The van der Waals surface area contributed by atoms with Crippen molar-refractivity contribution in [2.75, 3.05) is 52.5 Å². The molecule has 1 heterocycles. The third kappa shape index (κ3) is 3.65. The highest BCUT2D eigenvalue weighted by molar-refractivity contribution is 5.09. The third-order valence-corrected chi connectivity index (χ3v) is 6.94. The first-order valence-corrected chi connectivity index (χ1v) is 9.70. The number of nitrogens with zero attached hydrogens (tertiary/aromatic N) is 2. The van der Waals surface area contributed by atoms with Crippen LogP contribution in [0, 0.1) is 16.7 Å². The van der Waals surface area contributed by atoms with Crippen LogP contribution in [0.2, 0.25) is 0 Å². The predicted octanol–water partition coefficient (Wildman–Crippen LogP) is 1.19. The van der Waals surface area contributed by atoms with E-state index in [1.807, 2.05) is 0 Å². The van der Waals surface area contributed by atoms with E-state index in [2.05, 4.69) is 30.6 Å². The zero-order chi connectivity index (χ0) is 17.4. The van der Waals surface area contributed by atoms with Gasteiger partial charge in [0.05, 0.1) is 25.4 Å². The summed E-state index contributed by atoms with van der Waals surface area (Å²) in [7, 11) is 0. The molecule has 24 heavy (non-hydrogen) atoms. The minimum absolute atomic E-state index is 0.230. The molecule has 2 saturated carbocycles. The number of piperazine rings is 1. The smallest absolute Gasteiger partial charge is 0.0900 e. The van der Waals surface area contributed by atoms with Crippen LogP contribution in [0.3, 0.4) is 0 Å². The summed E-state index contributed by atoms with van der Waals surface area (Å²) in [6.45, 7) is 13.1. The summed E-state index contributed by atoms with van der Waals surface area (Å²) < 4.78 is 6.30. The molecule has 3 aliphatic rings. The molecule has 0 aromatic carbocycles. The lowest BCUT2D eigenvalue weighted by molar-refractivity contribution is -0.114. The number of hydrogen-bond donors (Lipinski definition) is 2. The number of aliphatic hydroxyl groups excluding tert-OH is 2. The normalized spacial score (nSPS) is 37.9. The van der Waals surface area contributed by atoms with Crippen molar-refractivity contribution in [2.24, 2.45) is 16.7 Å². The molecule has 0 amide bonds. The summed E-state index contributed by atoms with van der Waals surface area (Å²) in [5, 5.41) is 19.4. The van der Waals surface area contributed by atoms with Gasteiger partial charge in [-0.15, -0.1) is 0 Å². The molecule has 2 aliphatic carbocycles. The maximum atomic E-state index is 10.4. The van der Waals surface area contributed by atoms with Crippen LogP contribution in [0.1, 0.15) is 40.0 Å². The molecule has 5 heteroatoms. The van der Waals surface area contributed by atoms with Gasteiger partial charge < -0.3 is 14.9 Å². The average molecular weight is 341 g/mol. The Morgan fingerprint density at radius 2 is 1.79 bits per heavy atom. The molecule has 2 N–H and O–H groups in total. The molecule has 140 valence electrons. The van der Waals surface area contributed by atoms with Crippen LogP contribution in [0.15, 0.2) is 0 Å². The number of ether oxygens (including phenoxy) is 1. The maximum absolute atomic E-state index is 10.4. The molecule has 2 bridgehead atoms. The highest BCUT2D eigenvalue weighted by atomic mass is 16.5. The molecule has 0 unspecified atom stereocenters. The van der Waals surface area contributed by atoms with Crippen molar-refractivity contribution in [1.82, 2.24) is 9.80 Å². The second kappa shape index (κ2) is 7.20. The quantitative estimate of drug-likeness (QED) is 0.729. The molecule has 0 aromatic rings. The molecule has 4 atom stereocenters. The summed E-state index contributed by atoms with van der Waals surface area (Å²) in [4.78, 5) is 4.59. The summed E-state index contributed by atoms with van der Waals surface area (Å²) in [5.74, 6) is 0.782. The van der Waals surface area contributed by atoms with E-state index in [-0.39, 0.29) is 18.1 Å². The van der Waals surface area contributed by atoms with Crippen molar-refractivity contribution in [1.29, 1.82) is 0 Å². The van der Waals surface area contributed by atoms with Gasteiger partial charge in [0.25, 0.3) is 0 Å². The summed E-state index contributed by atoms with van der Waals surface area (Å²) in [6.07, 6.45) is 3.76. The highest BCUT2D eigenvalue weighted by Gasteiger charge is 2.60. The first-order chi connectivity index (χ1) is 11.3. The Morgan fingerprint density at radius 3 is 2.38 bits per heavy atom. The fourth-order valence-corrected chi connectivity index (χ4v) is 5.57. The average Bonchev–Trinajstić information content (AvgIpc) is 3.00. The predicted molar refractivity (Wildman–Crippen MR) is 94.9 cm³/mol. The topological polar surface area (TPSA) is 56.2 Å². The van der Waals surface area contributed by atoms with E-state index in [0.717, 1.165) is 38.6 Å². The van der Waals surface area contributed by atoms with Crippen LogP contribution in [-0.4, -0.2) is 84.7 Å². The Labute approximate surface area is 147 Å². The van der Waals surface area contributed by atoms with E-state index in [1.165, 1.54) is 19.3 Å².